The van der Waals surface area contributed by atoms with Gasteiger partial charge < -0.3 is 10.0 Å². The highest BCUT2D eigenvalue weighted by Gasteiger charge is 2.18. The van der Waals surface area contributed by atoms with Crippen LogP contribution in [0.4, 0.5) is 5.95 Å². The van der Waals surface area contributed by atoms with E-state index in [0.29, 0.717) is 0 Å². The quantitative estimate of drug-likeness (QED) is 0.933. The molecule has 0 amide bonds. The molecule has 0 saturated carbocycles. The molecular formula is C16H19ClN4O. The zero-order valence-corrected chi connectivity index (χ0v) is 13.1. The molecule has 1 aromatic carbocycles. The fourth-order valence-corrected chi connectivity index (χ4v) is 2.71. The van der Waals surface area contributed by atoms with Crippen LogP contribution in [0.15, 0.2) is 36.7 Å². The Balaban J connectivity index is 1.66. The molecule has 1 N–H and O–H groups in total. The topological polar surface area (TPSA) is 52.5 Å². The van der Waals surface area contributed by atoms with Gasteiger partial charge in [0.2, 0.25) is 5.95 Å². The Bertz CT molecular complexity index is 595. The van der Waals surface area contributed by atoms with Gasteiger partial charge in [-0.15, -0.1) is 0 Å². The van der Waals surface area contributed by atoms with Crippen LogP contribution in [0.3, 0.4) is 0 Å². The lowest BCUT2D eigenvalue weighted by Gasteiger charge is -2.34. The highest BCUT2D eigenvalue weighted by Crippen LogP contribution is 2.21. The molecule has 0 unspecified atom stereocenters. The molecule has 2 heterocycles. The summed E-state index contributed by atoms with van der Waals surface area (Å²) in [6, 6.07) is 7.67. The van der Waals surface area contributed by atoms with Crippen molar-refractivity contribution in [3.8, 4) is 11.1 Å². The lowest BCUT2D eigenvalue weighted by atomic mass is 10.1. The Morgan fingerprint density at radius 3 is 2.18 bits per heavy atom. The molecule has 1 fully saturated rings. The fourth-order valence-electron chi connectivity index (χ4n) is 2.59. The van der Waals surface area contributed by atoms with E-state index in [-0.39, 0.29) is 6.61 Å². The summed E-state index contributed by atoms with van der Waals surface area (Å²) in [6.07, 6.45) is 3.71. The molecule has 0 radical (unpaired) electrons. The average molecular weight is 319 g/mol. The van der Waals surface area contributed by atoms with Gasteiger partial charge in [-0.1, -0.05) is 23.7 Å². The van der Waals surface area contributed by atoms with Crippen molar-refractivity contribution in [1.29, 1.82) is 0 Å². The molecule has 1 saturated heterocycles. The van der Waals surface area contributed by atoms with E-state index >= 15 is 0 Å². The lowest BCUT2D eigenvalue weighted by Crippen LogP contribution is -2.47. The second kappa shape index (κ2) is 7.05. The van der Waals surface area contributed by atoms with Crippen LogP contribution in [0.25, 0.3) is 11.1 Å². The third-order valence-electron chi connectivity index (χ3n) is 3.89. The first-order chi connectivity index (χ1) is 10.8. The Morgan fingerprint density at radius 2 is 1.59 bits per heavy atom. The van der Waals surface area contributed by atoms with E-state index in [1.807, 2.05) is 36.7 Å². The van der Waals surface area contributed by atoms with Crippen LogP contribution < -0.4 is 4.90 Å². The number of piperazine rings is 1. The number of hydrogen-bond donors (Lipinski definition) is 1. The first kappa shape index (κ1) is 15.2. The maximum Gasteiger partial charge on any atom is 0.225 e. The Labute approximate surface area is 135 Å². The molecule has 116 valence electrons. The summed E-state index contributed by atoms with van der Waals surface area (Å²) in [4.78, 5) is 13.4. The van der Waals surface area contributed by atoms with Crippen molar-refractivity contribution in [3.63, 3.8) is 0 Å². The molecule has 6 heteroatoms. The summed E-state index contributed by atoms with van der Waals surface area (Å²) in [6.45, 7) is 4.60. The second-order valence-corrected chi connectivity index (χ2v) is 5.77. The van der Waals surface area contributed by atoms with Crippen LogP contribution in [0, 0.1) is 0 Å². The number of aliphatic hydroxyl groups is 1. The molecule has 22 heavy (non-hydrogen) atoms. The van der Waals surface area contributed by atoms with Crippen molar-refractivity contribution in [2.24, 2.45) is 0 Å². The zero-order valence-electron chi connectivity index (χ0n) is 12.3. The normalized spacial score (nSPS) is 16.0. The van der Waals surface area contributed by atoms with Gasteiger partial charge in [-0.05, 0) is 17.7 Å². The minimum Gasteiger partial charge on any atom is -0.395 e. The highest BCUT2D eigenvalue weighted by molar-refractivity contribution is 6.30. The summed E-state index contributed by atoms with van der Waals surface area (Å²) in [5, 5.41) is 9.69. The molecule has 1 aromatic heterocycles. The van der Waals surface area contributed by atoms with Crippen molar-refractivity contribution < 1.29 is 5.11 Å². The number of aliphatic hydroxyl groups excluding tert-OH is 1. The average Bonchev–Trinajstić information content (AvgIpc) is 2.57. The third-order valence-corrected chi connectivity index (χ3v) is 4.14. The number of halogens is 1. The van der Waals surface area contributed by atoms with Crippen LogP contribution in [-0.2, 0) is 0 Å². The van der Waals surface area contributed by atoms with Crippen LogP contribution >= 0.6 is 11.6 Å². The standard InChI is InChI=1S/C16H19ClN4O/c17-15-3-1-13(2-4-15)14-11-18-16(19-12-14)21-7-5-20(6-8-21)9-10-22/h1-4,11-12,22H,5-10H2. The molecule has 2 aromatic rings. The minimum absolute atomic E-state index is 0.215. The van der Waals surface area contributed by atoms with E-state index < -0.39 is 0 Å². The number of benzene rings is 1. The number of rotatable bonds is 4. The molecule has 0 bridgehead atoms. The number of anilines is 1. The summed E-state index contributed by atoms with van der Waals surface area (Å²) < 4.78 is 0. The maximum atomic E-state index is 8.97. The van der Waals surface area contributed by atoms with Crippen LogP contribution in [0.2, 0.25) is 5.02 Å². The number of aromatic nitrogens is 2. The van der Waals surface area contributed by atoms with E-state index in [0.717, 1.165) is 54.8 Å². The predicted molar refractivity (Wildman–Crippen MR) is 88.2 cm³/mol. The summed E-state index contributed by atoms with van der Waals surface area (Å²) >= 11 is 5.90. The van der Waals surface area contributed by atoms with Gasteiger partial charge in [0.15, 0.2) is 0 Å². The highest BCUT2D eigenvalue weighted by atomic mass is 35.5. The summed E-state index contributed by atoms with van der Waals surface area (Å²) in [7, 11) is 0. The number of β-amino-alcohol motifs (C(OH)–C–C–N with tert-alkyl or cyclic N) is 1. The molecule has 0 atom stereocenters. The lowest BCUT2D eigenvalue weighted by molar-refractivity contribution is 0.188. The van der Waals surface area contributed by atoms with Crippen LogP contribution in [0.1, 0.15) is 0 Å². The van der Waals surface area contributed by atoms with E-state index in [4.69, 9.17) is 16.7 Å². The van der Waals surface area contributed by atoms with Crippen LogP contribution in [0.5, 0.6) is 0 Å². The van der Waals surface area contributed by atoms with E-state index in [2.05, 4.69) is 19.8 Å². The van der Waals surface area contributed by atoms with Gasteiger partial charge in [0.05, 0.1) is 6.61 Å². The molecule has 0 spiro atoms. The van der Waals surface area contributed by atoms with Gasteiger partial charge in [-0.3, -0.25) is 4.90 Å². The SMILES string of the molecule is OCCN1CCN(c2ncc(-c3ccc(Cl)cc3)cn2)CC1. The Hall–Kier alpha value is -1.69. The van der Waals surface area contributed by atoms with Gasteiger partial charge >= 0.3 is 0 Å². The Morgan fingerprint density at radius 1 is 0.955 bits per heavy atom. The van der Waals surface area contributed by atoms with Gasteiger partial charge in [-0.2, -0.15) is 0 Å². The fraction of sp³-hybridized carbons (Fsp3) is 0.375. The van der Waals surface area contributed by atoms with E-state index in [1.54, 1.807) is 0 Å². The first-order valence-corrected chi connectivity index (χ1v) is 7.80. The van der Waals surface area contributed by atoms with Crippen molar-refractivity contribution >= 4 is 17.5 Å². The summed E-state index contributed by atoms with van der Waals surface area (Å²) in [5.74, 6) is 0.765. The predicted octanol–water partition coefficient (Wildman–Crippen LogP) is 1.91. The van der Waals surface area contributed by atoms with Gasteiger partial charge in [0.25, 0.3) is 0 Å². The maximum absolute atomic E-state index is 8.97. The molecule has 1 aliphatic rings. The van der Waals surface area contributed by atoms with Crippen molar-refractivity contribution in [1.82, 2.24) is 14.9 Å². The third kappa shape index (κ3) is 3.55. The molecule has 5 nitrogen and oxygen atoms in total. The molecular weight excluding hydrogens is 300 g/mol. The van der Waals surface area contributed by atoms with Crippen LogP contribution in [-0.4, -0.2) is 59.3 Å². The number of nitrogens with zero attached hydrogens (tertiary/aromatic N) is 4. The van der Waals surface area contributed by atoms with Crippen molar-refractivity contribution in [2.45, 2.75) is 0 Å². The number of hydrogen-bond acceptors (Lipinski definition) is 5. The largest absolute Gasteiger partial charge is 0.395 e. The van der Waals surface area contributed by atoms with E-state index in [1.165, 1.54) is 0 Å². The van der Waals surface area contributed by atoms with Crippen molar-refractivity contribution in [3.05, 3.63) is 41.7 Å². The summed E-state index contributed by atoms with van der Waals surface area (Å²) in [5.41, 5.74) is 2.04. The van der Waals surface area contributed by atoms with E-state index in [9.17, 15) is 0 Å². The van der Waals surface area contributed by atoms with Gasteiger partial charge in [0.1, 0.15) is 0 Å². The smallest absolute Gasteiger partial charge is 0.225 e. The molecule has 3 rings (SSSR count). The van der Waals surface area contributed by atoms with Gasteiger partial charge in [0, 0.05) is 55.7 Å². The van der Waals surface area contributed by atoms with Crippen molar-refractivity contribution in [2.75, 3.05) is 44.2 Å². The molecule has 1 aliphatic heterocycles. The second-order valence-electron chi connectivity index (χ2n) is 5.33. The first-order valence-electron chi connectivity index (χ1n) is 7.42. The Kier molecular flexibility index (Phi) is 4.87. The monoisotopic (exact) mass is 318 g/mol. The van der Waals surface area contributed by atoms with Gasteiger partial charge in [-0.25, -0.2) is 9.97 Å². The molecule has 0 aliphatic carbocycles. The minimum atomic E-state index is 0.215. The zero-order chi connectivity index (χ0) is 15.4.